The number of benzene rings is 1. The number of hydrogen-bond donors (Lipinski definition) is 2. The maximum atomic E-state index is 12.9. The summed E-state index contributed by atoms with van der Waals surface area (Å²) in [5, 5.41) is 11.7. The number of carbonyl (C=O) groups is 1. The van der Waals surface area contributed by atoms with Gasteiger partial charge in [0.25, 0.3) is 0 Å². The first-order chi connectivity index (χ1) is 15.9. The first kappa shape index (κ1) is 23.7. The van der Waals surface area contributed by atoms with Crippen LogP contribution in [0.2, 0.25) is 0 Å². The van der Waals surface area contributed by atoms with Crippen molar-refractivity contribution in [3.63, 3.8) is 0 Å². The highest BCUT2D eigenvalue weighted by atomic mass is 19.4. The van der Waals surface area contributed by atoms with E-state index in [1.54, 1.807) is 0 Å². The van der Waals surface area contributed by atoms with Crippen LogP contribution in [0.3, 0.4) is 0 Å². The Labute approximate surface area is 187 Å². The number of oxazole rings is 1. The first-order valence-electron chi connectivity index (χ1n) is 9.64. The van der Waals surface area contributed by atoms with E-state index in [9.17, 15) is 36.2 Å². The summed E-state index contributed by atoms with van der Waals surface area (Å²) in [6.45, 7) is -0.775. The second-order valence-corrected chi connectivity index (χ2v) is 7.52. The van der Waals surface area contributed by atoms with Crippen molar-refractivity contribution in [2.45, 2.75) is 24.4 Å². The van der Waals surface area contributed by atoms with Gasteiger partial charge in [-0.2, -0.15) is 31.3 Å². The Hall–Kier alpha value is -3.45. The number of amides is 1. The number of nitrogens with zero attached hydrogens (tertiary/aromatic N) is 2. The molecule has 0 unspecified atom stereocenters. The fraction of sp³-hybridized carbons (Fsp3) is 0.286. The molecule has 1 aromatic carbocycles. The molecule has 1 aliphatic heterocycles. The third-order valence-electron chi connectivity index (χ3n) is 5.35. The minimum atomic E-state index is -4.74. The van der Waals surface area contributed by atoms with Gasteiger partial charge in [-0.15, -0.1) is 0 Å². The molecule has 2 N–H and O–H groups in total. The Kier molecular flexibility index (Phi) is 5.85. The maximum absolute atomic E-state index is 12.9. The van der Waals surface area contributed by atoms with Crippen molar-refractivity contribution in [1.82, 2.24) is 9.97 Å². The number of carbonyl (C=O) groups excluding carboxylic acids is 1. The average Bonchev–Trinajstić information content (AvgIpc) is 3.21. The molecule has 1 saturated heterocycles. The number of alkyl halides is 6. The number of rotatable bonds is 5. The molecule has 4 rings (SSSR count). The van der Waals surface area contributed by atoms with Crippen molar-refractivity contribution < 1.29 is 45.4 Å². The smallest absolute Gasteiger partial charge is 0.431 e. The number of anilines is 1. The van der Waals surface area contributed by atoms with Crippen molar-refractivity contribution in [2.75, 3.05) is 18.5 Å². The zero-order valence-corrected chi connectivity index (χ0v) is 17.0. The molecular formula is C21H15F6N3O4. The fourth-order valence-electron chi connectivity index (χ4n) is 3.42. The zero-order chi connectivity index (χ0) is 24.7. The predicted molar refractivity (Wildman–Crippen MR) is 103 cm³/mol. The van der Waals surface area contributed by atoms with Crippen LogP contribution in [0.25, 0.3) is 11.1 Å². The molecule has 0 spiro atoms. The van der Waals surface area contributed by atoms with Crippen LogP contribution in [0.4, 0.5) is 32.4 Å². The molecule has 7 nitrogen and oxygen atoms in total. The Morgan fingerprint density at radius 2 is 1.71 bits per heavy atom. The van der Waals surface area contributed by atoms with Crippen LogP contribution >= 0.6 is 0 Å². The Morgan fingerprint density at radius 3 is 2.21 bits per heavy atom. The molecule has 34 heavy (non-hydrogen) atoms. The van der Waals surface area contributed by atoms with Gasteiger partial charge in [0.1, 0.15) is 17.4 Å². The number of aliphatic hydroxyl groups is 1. The normalized spacial score (nSPS) is 15.6. The van der Waals surface area contributed by atoms with Gasteiger partial charge in [0.15, 0.2) is 5.69 Å². The minimum absolute atomic E-state index is 0.0128. The zero-order valence-electron chi connectivity index (χ0n) is 17.0. The standard InChI is InChI=1S/C21H15F6N3O4/c22-20(23,24)15-5-12(7-31)14(6-28-15)11-1-3-13(4-2-11)19(9-33-10-19)17(32)30-18-29-16(8-34-18)21(25,26)27/h1-6,8,31H,7,9-10H2,(H,29,30,32). The van der Waals surface area contributed by atoms with Gasteiger partial charge in [0.05, 0.1) is 19.8 Å². The molecule has 3 heterocycles. The summed E-state index contributed by atoms with van der Waals surface area (Å²) >= 11 is 0. The second-order valence-electron chi connectivity index (χ2n) is 7.52. The number of aromatic nitrogens is 2. The number of halogens is 6. The van der Waals surface area contributed by atoms with Gasteiger partial charge in [-0.25, -0.2) is 0 Å². The van der Waals surface area contributed by atoms with Crippen molar-refractivity contribution in [3.05, 3.63) is 65.3 Å². The number of pyridine rings is 1. The number of hydrogen-bond acceptors (Lipinski definition) is 6. The molecule has 0 aliphatic carbocycles. The number of nitrogens with one attached hydrogen (secondary N) is 1. The van der Waals surface area contributed by atoms with E-state index in [0.29, 0.717) is 17.4 Å². The number of aliphatic hydroxyl groups excluding tert-OH is 1. The first-order valence-corrected chi connectivity index (χ1v) is 9.64. The monoisotopic (exact) mass is 487 g/mol. The molecule has 1 amide bonds. The maximum Gasteiger partial charge on any atom is 0.436 e. The lowest BCUT2D eigenvalue weighted by atomic mass is 9.77. The van der Waals surface area contributed by atoms with Crippen LogP contribution in [-0.4, -0.2) is 34.2 Å². The molecule has 13 heteroatoms. The number of ether oxygens (including phenoxy) is 1. The van der Waals surface area contributed by atoms with E-state index in [4.69, 9.17) is 4.74 Å². The molecular weight excluding hydrogens is 472 g/mol. The lowest BCUT2D eigenvalue weighted by Crippen LogP contribution is -2.55. The SMILES string of the molecule is O=C(Nc1nc(C(F)(F)F)co1)C1(c2ccc(-c3cnc(C(F)(F)F)cc3CO)cc2)COC1. The highest BCUT2D eigenvalue weighted by molar-refractivity contribution is 5.99. The van der Waals surface area contributed by atoms with Gasteiger partial charge >= 0.3 is 18.4 Å². The van der Waals surface area contributed by atoms with Gasteiger partial charge in [-0.05, 0) is 22.8 Å². The van der Waals surface area contributed by atoms with Crippen LogP contribution in [0.5, 0.6) is 0 Å². The summed E-state index contributed by atoms with van der Waals surface area (Å²) in [7, 11) is 0. The lowest BCUT2D eigenvalue weighted by molar-refractivity contribution is -0.142. The summed E-state index contributed by atoms with van der Waals surface area (Å²) < 4.78 is 86.6. The van der Waals surface area contributed by atoms with Crippen molar-refractivity contribution in [3.8, 4) is 11.1 Å². The van der Waals surface area contributed by atoms with Crippen LogP contribution in [0, 0.1) is 0 Å². The molecule has 3 aromatic rings. The van der Waals surface area contributed by atoms with Gasteiger partial charge in [-0.1, -0.05) is 24.3 Å². The Balaban J connectivity index is 1.58. The molecule has 180 valence electrons. The van der Waals surface area contributed by atoms with Crippen LogP contribution < -0.4 is 5.32 Å². The fourth-order valence-corrected chi connectivity index (χ4v) is 3.42. The molecule has 2 aromatic heterocycles. The van der Waals surface area contributed by atoms with Crippen LogP contribution in [-0.2, 0) is 33.9 Å². The highest BCUT2D eigenvalue weighted by Crippen LogP contribution is 2.37. The van der Waals surface area contributed by atoms with E-state index in [-0.39, 0.29) is 24.3 Å². The van der Waals surface area contributed by atoms with Crippen LogP contribution in [0.1, 0.15) is 22.5 Å². The average molecular weight is 487 g/mol. The Morgan fingerprint density at radius 1 is 1.06 bits per heavy atom. The summed E-state index contributed by atoms with van der Waals surface area (Å²) in [6.07, 6.45) is -8.02. The molecule has 0 saturated carbocycles. The topological polar surface area (TPSA) is 97.5 Å². The summed E-state index contributed by atoms with van der Waals surface area (Å²) in [6, 6.07) is 6.25. The van der Waals surface area contributed by atoms with E-state index in [1.807, 2.05) is 0 Å². The van der Waals surface area contributed by atoms with Gasteiger partial charge in [-0.3, -0.25) is 15.1 Å². The Bertz CT molecular complexity index is 1200. The van der Waals surface area contributed by atoms with Crippen molar-refractivity contribution in [1.29, 1.82) is 0 Å². The second kappa shape index (κ2) is 8.40. The van der Waals surface area contributed by atoms with Gasteiger partial charge < -0.3 is 14.3 Å². The van der Waals surface area contributed by atoms with Gasteiger partial charge in [0, 0.05) is 11.8 Å². The quantitative estimate of drug-likeness (QED) is 0.525. The van der Waals surface area contributed by atoms with Crippen LogP contribution in [0.15, 0.2) is 47.2 Å². The summed E-state index contributed by atoms with van der Waals surface area (Å²) in [4.78, 5) is 19.5. The lowest BCUT2D eigenvalue weighted by Gasteiger charge is -2.39. The highest BCUT2D eigenvalue weighted by Gasteiger charge is 2.48. The van der Waals surface area contributed by atoms with Gasteiger partial charge in [0.2, 0.25) is 5.91 Å². The molecule has 0 radical (unpaired) electrons. The minimum Gasteiger partial charge on any atom is -0.431 e. The molecule has 1 aliphatic rings. The van der Waals surface area contributed by atoms with E-state index < -0.39 is 47.7 Å². The summed E-state index contributed by atoms with van der Waals surface area (Å²) in [5.41, 5.74) is -2.50. The molecule has 1 fully saturated rings. The van der Waals surface area contributed by atoms with Crippen molar-refractivity contribution >= 4 is 11.9 Å². The summed E-state index contributed by atoms with van der Waals surface area (Å²) in [5.74, 6) is -0.700. The third kappa shape index (κ3) is 4.35. The predicted octanol–water partition coefficient (Wildman–Crippen LogP) is 4.17. The molecule has 0 bridgehead atoms. The third-order valence-corrected chi connectivity index (χ3v) is 5.35. The van der Waals surface area contributed by atoms with Crippen molar-refractivity contribution in [2.24, 2.45) is 0 Å². The molecule has 0 atom stereocenters. The van der Waals surface area contributed by atoms with E-state index in [0.717, 1.165) is 12.3 Å². The van der Waals surface area contributed by atoms with E-state index in [1.165, 1.54) is 24.3 Å². The van der Waals surface area contributed by atoms with E-state index >= 15 is 0 Å². The van der Waals surface area contributed by atoms with E-state index in [2.05, 4.69) is 19.7 Å². The largest absolute Gasteiger partial charge is 0.436 e.